The van der Waals surface area contributed by atoms with Gasteiger partial charge in [0.2, 0.25) is 5.95 Å². The van der Waals surface area contributed by atoms with Crippen LogP contribution in [0.3, 0.4) is 0 Å². The molecule has 0 unspecified atom stereocenters. The molecule has 16 heavy (non-hydrogen) atoms. The zero-order valence-corrected chi connectivity index (χ0v) is 9.48. The van der Waals surface area contributed by atoms with Crippen molar-refractivity contribution in [1.29, 1.82) is 0 Å². The second-order valence-electron chi connectivity index (χ2n) is 3.57. The van der Waals surface area contributed by atoms with E-state index in [1.165, 1.54) is 0 Å². The number of fused-ring (bicyclic) bond motifs is 1. The van der Waals surface area contributed by atoms with Gasteiger partial charge in [-0.1, -0.05) is 13.0 Å². The van der Waals surface area contributed by atoms with Crippen molar-refractivity contribution >= 4 is 11.6 Å². The Morgan fingerprint density at radius 1 is 1.31 bits per heavy atom. The summed E-state index contributed by atoms with van der Waals surface area (Å²) in [6, 6.07) is 5.84. The Morgan fingerprint density at radius 3 is 3.06 bits per heavy atom. The first kappa shape index (κ1) is 10.9. The minimum Gasteiger partial charge on any atom is -0.353 e. The summed E-state index contributed by atoms with van der Waals surface area (Å²) in [6.07, 6.45) is 2.97. The van der Waals surface area contributed by atoms with Crippen molar-refractivity contribution in [2.75, 3.05) is 25.0 Å². The SMILES string of the molecule is CCNCCCNc1nc2ccccn2n1. The fraction of sp³-hybridized carbons (Fsp3) is 0.455. The van der Waals surface area contributed by atoms with Gasteiger partial charge in [-0.05, 0) is 31.6 Å². The Bertz CT molecular complexity index is 404. The van der Waals surface area contributed by atoms with Crippen LogP contribution in [0, 0.1) is 0 Å². The minimum atomic E-state index is 0.697. The lowest BCUT2D eigenvalue weighted by Crippen LogP contribution is -2.17. The first-order valence-electron chi connectivity index (χ1n) is 5.66. The molecule has 2 aromatic heterocycles. The molecule has 2 rings (SSSR count). The third-order valence-electron chi connectivity index (χ3n) is 2.30. The quantitative estimate of drug-likeness (QED) is 0.715. The Kier molecular flexibility index (Phi) is 3.71. The highest BCUT2D eigenvalue weighted by atomic mass is 15.3. The Hall–Kier alpha value is -1.62. The zero-order chi connectivity index (χ0) is 11.2. The maximum atomic E-state index is 4.35. The van der Waals surface area contributed by atoms with E-state index in [-0.39, 0.29) is 0 Å². The van der Waals surface area contributed by atoms with Gasteiger partial charge in [-0.15, -0.1) is 5.10 Å². The molecule has 0 spiro atoms. The van der Waals surface area contributed by atoms with E-state index in [1.54, 1.807) is 4.52 Å². The molecule has 2 aromatic rings. The number of anilines is 1. The number of nitrogens with zero attached hydrogens (tertiary/aromatic N) is 3. The van der Waals surface area contributed by atoms with Crippen LogP contribution in [0.25, 0.3) is 5.65 Å². The number of aromatic nitrogens is 3. The van der Waals surface area contributed by atoms with Gasteiger partial charge in [-0.2, -0.15) is 4.98 Å². The fourth-order valence-corrected chi connectivity index (χ4v) is 1.50. The summed E-state index contributed by atoms with van der Waals surface area (Å²) in [4.78, 5) is 4.35. The van der Waals surface area contributed by atoms with Gasteiger partial charge in [-0.25, -0.2) is 4.52 Å². The smallest absolute Gasteiger partial charge is 0.243 e. The maximum absolute atomic E-state index is 4.35. The number of hydrogen-bond donors (Lipinski definition) is 2. The summed E-state index contributed by atoms with van der Waals surface area (Å²) in [5.74, 6) is 0.697. The van der Waals surface area contributed by atoms with Crippen LogP contribution < -0.4 is 10.6 Å². The van der Waals surface area contributed by atoms with Crippen LogP contribution in [0.1, 0.15) is 13.3 Å². The summed E-state index contributed by atoms with van der Waals surface area (Å²) < 4.78 is 1.77. The highest BCUT2D eigenvalue weighted by Gasteiger charge is 2.00. The normalized spacial score (nSPS) is 10.8. The van der Waals surface area contributed by atoms with Gasteiger partial charge < -0.3 is 10.6 Å². The lowest BCUT2D eigenvalue weighted by molar-refractivity contribution is 0.687. The predicted molar refractivity (Wildman–Crippen MR) is 64.6 cm³/mol. The fourth-order valence-electron chi connectivity index (χ4n) is 1.50. The van der Waals surface area contributed by atoms with Crippen molar-refractivity contribution in [3.8, 4) is 0 Å². The molecule has 0 radical (unpaired) electrons. The van der Waals surface area contributed by atoms with Crippen LogP contribution >= 0.6 is 0 Å². The first-order chi connectivity index (χ1) is 7.90. The van der Waals surface area contributed by atoms with Gasteiger partial charge in [0, 0.05) is 12.7 Å². The molecular weight excluding hydrogens is 202 g/mol. The molecule has 0 amide bonds. The summed E-state index contributed by atoms with van der Waals surface area (Å²) in [6.45, 7) is 5.05. The molecule has 86 valence electrons. The summed E-state index contributed by atoms with van der Waals surface area (Å²) in [7, 11) is 0. The monoisotopic (exact) mass is 219 g/mol. The van der Waals surface area contributed by atoms with Crippen LogP contribution in [0.4, 0.5) is 5.95 Å². The number of pyridine rings is 1. The van der Waals surface area contributed by atoms with E-state index in [0.29, 0.717) is 5.95 Å². The van der Waals surface area contributed by atoms with Crippen molar-refractivity contribution < 1.29 is 0 Å². The molecule has 0 saturated carbocycles. The van der Waals surface area contributed by atoms with E-state index >= 15 is 0 Å². The van der Waals surface area contributed by atoms with Gasteiger partial charge in [0.15, 0.2) is 5.65 Å². The summed E-state index contributed by atoms with van der Waals surface area (Å²) in [5.41, 5.74) is 0.872. The van der Waals surface area contributed by atoms with E-state index in [9.17, 15) is 0 Å². The van der Waals surface area contributed by atoms with Crippen molar-refractivity contribution in [2.24, 2.45) is 0 Å². The largest absolute Gasteiger partial charge is 0.353 e. The van der Waals surface area contributed by atoms with Gasteiger partial charge >= 0.3 is 0 Å². The lowest BCUT2D eigenvalue weighted by Gasteiger charge is -2.01. The highest BCUT2D eigenvalue weighted by Crippen LogP contribution is 2.03. The first-order valence-corrected chi connectivity index (χ1v) is 5.66. The Labute approximate surface area is 94.9 Å². The van der Waals surface area contributed by atoms with Crippen molar-refractivity contribution in [2.45, 2.75) is 13.3 Å². The number of hydrogen-bond acceptors (Lipinski definition) is 4. The van der Waals surface area contributed by atoms with Crippen LogP contribution in [-0.4, -0.2) is 34.2 Å². The molecule has 0 saturated heterocycles. The summed E-state index contributed by atoms with van der Waals surface area (Å²) in [5, 5.41) is 10.8. The molecule has 0 aliphatic heterocycles. The molecule has 2 N–H and O–H groups in total. The molecule has 2 heterocycles. The maximum Gasteiger partial charge on any atom is 0.243 e. The molecular formula is C11H17N5. The molecule has 0 atom stereocenters. The lowest BCUT2D eigenvalue weighted by atomic mass is 10.4. The minimum absolute atomic E-state index is 0.697. The molecule has 5 heteroatoms. The zero-order valence-electron chi connectivity index (χ0n) is 9.48. The molecule has 0 aliphatic rings. The summed E-state index contributed by atoms with van der Waals surface area (Å²) >= 11 is 0. The van der Waals surface area contributed by atoms with Crippen LogP contribution in [0.5, 0.6) is 0 Å². The van der Waals surface area contributed by atoms with E-state index in [4.69, 9.17) is 0 Å². The van der Waals surface area contributed by atoms with Gasteiger partial charge in [0.25, 0.3) is 0 Å². The van der Waals surface area contributed by atoms with E-state index in [0.717, 1.165) is 31.7 Å². The van der Waals surface area contributed by atoms with Crippen molar-refractivity contribution in [1.82, 2.24) is 19.9 Å². The third-order valence-corrected chi connectivity index (χ3v) is 2.30. The molecule has 0 aliphatic carbocycles. The van der Waals surface area contributed by atoms with Gasteiger partial charge in [0.05, 0.1) is 0 Å². The average Bonchev–Trinajstić information content (AvgIpc) is 2.71. The Morgan fingerprint density at radius 2 is 2.25 bits per heavy atom. The molecule has 0 aromatic carbocycles. The standard InChI is InChI=1S/C11H17N5/c1-2-12-7-5-8-13-11-14-10-6-3-4-9-16(10)15-11/h3-4,6,9,12H,2,5,7-8H2,1H3,(H,13,15). The number of rotatable bonds is 6. The molecule has 0 fully saturated rings. The second-order valence-corrected chi connectivity index (χ2v) is 3.57. The average molecular weight is 219 g/mol. The van der Waals surface area contributed by atoms with E-state index in [1.807, 2.05) is 24.4 Å². The molecule has 0 bridgehead atoms. The van der Waals surface area contributed by atoms with Crippen LogP contribution in [0.15, 0.2) is 24.4 Å². The highest BCUT2D eigenvalue weighted by molar-refractivity contribution is 5.42. The van der Waals surface area contributed by atoms with Crippen LogP contribution in [0.2, 0.25) is 0 Å². The third kappa shape index (κ3) is 2.70. The second kappa shape index (κ2) is 5.46. The number of nitrogens with one attached hydrogen (secondary N) is 2. The molecule has 5 nitrogen and oxygen atoms in total. The van der Waals surface area contributed by atoms with Crippen molar-refractivity contribution in [3.05, 3.63) is 24.4 Å². The Balaban J connectivity index is 1.85. The van der Waals surface area contributed by atoms with Gasteiger partial charge in [-0.3, -0.25) is 0 Å². The van der Waals surface area contributed by atoms with Crippen molar-refractivity contribution in [3.63, 3.8) is 0 Å². The van der Waals surface area contributed by atoms with E-state index in [2.05, 4.69) is 27.6 Å². The van der Waals surface area contributed by atoms with E-state index < -0.39 is 0 Å². The topological polar surface area (TPSA) is 54.2 Å². The van der Waals surface area contributed by atoms with Crippen LogP contribution in [-0.2, 0) is 0 Å². The van der Waals surface area contributed by atoms with Gasteiger partial charge in [0.1, 0.15) is 0 Å². The predicted octanol–water partition coefficient (Wildman–Crippen LogP) is 1.14.